The summed E-state index contributed by atoms with van der Waals surface area (Å²) in [5.74, 6) is -1.92. The summed E-state index contributed by atoms with van der Waals surface area (Å²) in [7, 11) is 1.18. The van der Waals surface area contributed by atoms with Crippen LogP contribution in [-0.4, -0.2) is 61.5 Å². The number of aromatic nitrogens is 4. The van der Waals surface area contributed by atoms with E-state index in [-0.39, 0.29) is 48.8 Å². The number of aromatic carboxylic acids is 1. The van der Waals surface area contributed by atoms with Gasteiger partial charge in [0.05, 0.1) is 20.0 Å². The van der Waals surface area contributed by atoms with E-state index in [1.54, 1.807) is 0 Å². The minimum absolute atomic E-state index is 0. The number of hydrogen-bond donors (Lipinski definition) is 1. The van der Waals surface area contributed by atoms with E-state index in [1.807, 2.05) is 0 Å². The van der Waals surface area contributed by atoms with E-state index in [4.69, 9.17) is 5.11 Å². The van der Waals surface area contributed by atoms with Gasteiger partial charge in [-0.25, -0.2) is 9.59 Å². The molecule has 0 bridgehead atoms. The molecule has 2 aromatic heterocycles. The monoisotopic (exact) mass is 454 g/mol. The Balaban J connectivity index is 0. The molecule has 0 saturated carbocycles. The molecule has 0 atom stereocenters. The van der Waals surface area contributed by atoms with Crippen molar-refractivity contribution in [1.29, 1.82) is 0 Å². The van der Waals surface area contributed by atoms with Crippen LogP contribution in [0.4, 0.5) is 26.3 Å². The standard InChI is InChI=1S/C8H9F3N2O2.C7H7F3N2O2.Li.H2O/c1-15-7(14)6-2-4-13(12-6)5-3-8(9,10)11;8-7(9,10)2-4-12-3-1-5(11-12)6(13)14;;/h2,4H,3,5H2,1H3;1,3H,2,4H2,(H,13,14);;1H2/q;;+1;/p-1. The van der Waals surface area contributed by atoms with E-state index in [0.29, 0.717) is 0 Å². The second kappa shape index (κ2) is 13.0. The fourth-order valence-electron chi connectivity index (χ4n) is 1.78. The largest absolute Gasteiger partial charge is 1.00 e. The molecule has 2 aromatic rings. The molecule has 0 radical (unpaired) electrons. The Morgan fingerprint density at radius 3 is 1.65 bits per heavy atom. The number of esters is 1. The van der Waals surface area contributed by atoms with Crippen LogP contribution in [-0.2, 0) is 17.8 Å². The molecular formula is C15H17F6LiN4O5. The summed E-state index contributed by atoms with van der Waals surface area (Å²) in [4.78, 5) is 21.2. The molecule has 0 fully saturated rings. The van der Waals surface area contributed by atoms with E-state index in [9.17, 15) is 35.9 Å². The van der Waals surface area contributed by atoms with E-state index in [1.165, 1.54) is 25.6 Å². The smallest absolute Gasteiger partial charge is 0.870 e. The Morgan fingerprint density at radius 1 is 0.935 bits per heavy atom. The molecule has 9 nitrogen and oxygen atoms in total. The zero-order chi connectivity index (χ0) is 22.2. The van der Waals surface area contributed by atoms with Crippen LogP contribution in [0.3, 0.4) is 0 Å². The summed E-state index contributed by atoms with van der Waals surface area (Å²) in [5.41, 5.74) is -0.258. The van der Waals surface area contributed by atoms with Gasteiger partial charge in [0.1, 0.15) is 0 Å². The summed E-state index contributed by atoms with van der Waals surface area (Å²) < 4.78 is 77.1. The number of rotatable bonds is 6. The minimum atomic E-state index is -4.25. The first kappa shape index (κ1) is 30.7. The fraction of sp³-hybridized carbons (Fsp3) is 0.467. The second-order valence-corrected chi connectivity index (χ2v) is 5.46. The fourth-order valence-corrected chi connectivity index (χ4v) is 1.78. The number of carbonyl (C=O) groups is 2. The van der Waals surface area contributed by atoms with Crippen molar-refractivity contribution in [2.24, 2.45) is 0 Å². The average Bonchev–Trinajstić information content (AvgIpc) is 3.26. The third-order valence-corrected chi connectivity index (χ3v) is 3.14. The van der Waals surface area contributed by atoms with Gasteiger partial charge in [0.2, 0.25) is 0 Å². The third kappa shape index (κ3) is 12.7. The molecule has 0 spiro atoms. The van der Waals surface area contributed by atoms with Gasteiger partial charge in [-0.2, -0.15) is 36.5 Å². The van der Waals surface area contributed by atoms with Gasteiger partial charge >= 0.3 is 43.2 Å². The number of alkyl halides is 6. The topological polar surface area (TPSA) is 129 Å². The van der Waals surface area contributed by atoms with Crippen molar-refractivity contribution in [3.05, 3.63) is 35.9 Å². The molecule has 0 aliphatic carbocycles. The molecule has 0 aliphatic heterocycles. The molecular weight excluding hydrogens is 437 g/mol. The maximum atomic E-state index is 11.8. The number of carboxylic acid groups (broad SMARTS) is 1. The van der Waals surface area contributed by atoms with Gasteiger partial charge in [0.25, 0.3) is 0 Å². The number of hydrogen-bond acceptors (Lipinski definition) is 6. The number of ether oxygens (including phenoxy) is 1. The summed E-state index contributed by atoms with van der Waals surface area (Å²) in [5, 5.41) is 15.5. The molecule has 0 aliphatic rings. The SMILES string of the molecule is COC(=O)c1ccn(CCC(F)(F)F)n1.O=C(O)c1ccn(CCC(F)(F)F)n1.[Li+].[OH-]. The number of aryl methyl sites for hydroxylation is 2. The van der Waals surface area contributed by atoms with E-state index in [2.05, 4.69) is 14.9 Å². The maximum Gasteiger partial charge on any atom is 1.00 e. The van der Waals surface area contributed by atoms with E-state index < -0.39 is 37.1 Å². The number of carbonyl (C=O) groups excluding carboxylic acids is 1. The molecule has 0 amide bonds. The molecule has 16 heteroatoms. The van der Waals surface area contributed by atoms with Crippen LogP contribution >= 0.6 is 0 Å². The van der Waals surface area contributed by atoms with Crippen molar-refractivity contribution in [3.8, 4) is 0 Å². The summed E-state index contributed by atoms with van der Waals surface area (Å²) in [6, 6.07) is 2.46. The van der Waals surface area contributed by atoms with Gasteiger partial charge in [0.15, 0.2) is 11.4 Å². The molecule has 0 saturated heterocycles. The quantitative estimate of drug-likeness (QED) is 0.369. The summed E-state index contributed by atoms with van der Waals surface area (Å²) in [6.45, 7) is -0.669. The van der Waals surface area contributed by atoms with E-state index >= 15 is 0 Å². The molecule has 0 aromatic carbocycles. The Morgan fingerprint density at radius 2 is 1.32 bits per heavy atom. The second-order valence-electron chi connectivity index (χ2n) is 5.46. The predicted octanol–water partition coefficient (Wildman–Crippen LogP) is -0.0170. The van der Waals surface area contributed by atoms with Gasteiger partial charge in [-0.3, -0.25) is 9.36 Å². The molecule has 31 heavy (non-hydrogen) atoms. The van der Waals surface area contributed by atoms with Crippen molar-refractivity contribution in [2.45, 2.75) is 38.3 Å². The Bertz CT molecular complexity index is 821. The number of methoxy groups -OCH3 is 1. The van der Waals surface area contributed by atoms with Gasteiger partial charge in [-0.05, 0) is 12.1 Å². The first-order valence-corrected chi connectivity index (χ1v) is 7.83. The van der Waals surface area contributed by atoms with Crippen LogP contribution in [0, 0.1) is 0 Å². The Labute approximate surface area is 183 Å². The number of carboxylic acids is 1. The average molecular weight is 454 g/mol. The van der Waals surface area contributed by atoms with Gasteiger partial charge in [0, 0.05) is 25.5 Å². The van der Waals surface area contributed by atoms with Crippen molar-refractivity contribution < 1.29 is 70.1 Å². The van der Waals surface area contributed by atoms with Crippen LogP contribution < -0.4 is 18.9 Å². The van der Waals surface area contributed by atoms with Crippen LogP contribution in [0.15, 0.2) is 24.5 Å². The zero-order valence-electron chi connectivity index (χ0n) is 16.3. The predicted molar refractivity (Wildman–Crippen MR) is 86.0 cm³/mol. The maximum absolute atomic E-state index is 11.8. The van der Waals surface area contributed by atoms with Gasteiger partial charge in [-0.1, -0.05) is 0 Å². The molecule has 2 N–H and O–H groups in total. The molecule has 170 valence electrons. The van der Waals surface area contributed by atoms with Gasteiger partial charge in [-0.15, -0.1) is 0 Å². The van der Waals surface area contributed by atoms with Crippen LogP contribution in [0.25, 0.3) is 0 Å². The van der Waals surface area contributed by atoms with E-state index in [0.717, 1.165) is 15.4 Å². The van der Waals surface area contributed by atoms with Crippen molar-refractivity contribution >= 4 is 11.9 Å². The van der Waals surface area contributed by atoms with Crippen molar-refractivity contribution in [2.75, 3.05) is 7.11 Å². The molecule has 2 heterocycles. The first-order chi connectivity index (χ1) is 13.3. The minimum Gasteiger partial charge on any atom is -0.870 e. The Kier molecular flexibility index (Phi) is 12.9. The van der Waals surface area contributed by atoms with Crippen molar-refractivity contribution in [3.63, 3.8) is 0 Å². The zero-order valence-corrected chi connectivity index (χ0v) is 16.3. The van der Waals surface area contributed by atoms with Crippen LogP contribution in [0.5, 0.6) is 0 Å². The summed E-state index contributed by atoms with van der Waals surface area (Å²) >= 11 is 0. The Hall–Kier alpha value is -2.50. The molecule has 0 unspecified atom stereocenters. The normalized spacial score (nSPS) is 10.8. The third-order valence-electron chi connectivity index (χ3n) is 3.14. The number of halogens is 6. The molecule has 2 rings (SSSR count). The first-order valence-electron chi connectivity index (χ1n) is 7.83. The van der Waals surface area contributed by atoms with Crippen LogP contribution in [0.1, 0.15) is 33.8 Å². The van der Waals surface area contributed by atoms with Crippen molar-refractivity contribution in [1.82, 2.24) is 19.6 Å². The number of nitrogens with zero attached hydrogens (tertiary/aromatic N) is 4. The van der Waals surface area contributed by atoms with Crippen LogP contribution in [0.2, 0.25) is 0 Å². The summed E-state index contributed by atoms with van der Waals surface area (Å²) in [6.07, 6.45) is -7.97. The van der Waals surface area contributed by atoms with Gasteiger partial charge < -0.3 is 15.3 Å².